The second kappa shape index (κ2) is 10.1. The normalized spacial score (nSPS) is 23.4. The van der Waals surface area contributed by atoms with Gasteiger partial charge in [0.25, 0.3) is 0 Å². The summed E-state index contributed by atoms with van der Waals surface area (Å²) in [5.74, 6) is 1.71. The van der Waals surface area contributed by atoms with Gasteiger partial charge in [0, 0.05) is 45.8 Å². The Balaban J connectivity index is 1.39. The molecule has 2 saturated heterocycles. The average molecular weight is 372 g/mol. The Morgan fingerprint density at radius 2 is 1.93 bits per heavy atom. The molecule has 1 atom stereocenters. The van der Waals surface area contributed by atoms with Crippen LogP contribution in [0.2, 0.25) is 0 Å². The first-order valence-electron chi connectivity index (χ1n) is 10.6. The van der Waals surface area contributed by atoms with Crippen molar-refractivity contribution in [2.75, 3.05) is 46.8 Å². The molecule has 2 N–H and O–H groups in total. The van der Waals surface area contributed by atoms with Gasteiger partial charge in [-0.15, -0.1) is 0 Å². The molecule has 2 aliphatic rings. The lowest BCUT2D eigenvalue weighted by Crippen LogP contribution is -2.50. The van der Waals surface area contributed by atoms with E-state index in [9.17, 15) is 0 Å². The monoisotopic (exact) mass is 371 g/mol. The second-order valence-corrected chi connectivity index (χ2v) is 8.34. The van der Waals surface area contributed by atoms with Crippen LogP contribution in [0.4, 0.5) is 0 Å². The van der Waals surface area contributed by atoms with Crippen LogP contribution in [0.25, 0.3) is 0 Å². The summed E-state index contributed by atoms with van der Waals surface area (Å²) in [4.78, 5) is 9.47. The van der Waals surface area contributed by atoms with Crippen LogP contribution >= 0.6 is 0 Å². The first kappa shape index (κ1) is 20.2. The number of hydrogen-bond acceptors (Lipinski definition) is 3. The van der Waals surface area contributed by atoms with E-state index in [0.717, 1.165) is 38.1 Å². The molecule has 2 aliphatic heterocycles. The van der Waals surface area contributed by atoms with Crippen molar-refractivity contribution in [1.29, 1.82) is 0 Å². The average Bonchev–Trinajstić information content (AvgIpc) is 2.68. The number of likely N-dealkylation sites (tertiary alicyclic amines) is 2. The number of nitrogens with one attached hydrogen (secondary N) is 2. The van der Waals surface area contributed by atoms with Gasteiger partial charge in [0.1, 0.15) is 0 Å². The Hall–Kier alpha value is -1.59. The molecule has 0 radical (unpaired) electrons. The summed E-state index contributed by atoms with van der Waals surface area (Å²) in [5.41, 5.74) is 2.86. The maximum absolute atomic E-state index is 4.45. The van der Waals surface area contributed by atoms with Gasteiger partial charge in [0.2, 0.25) is 0 Å². The Bertz CT molecular complexity index is 606. The predicted molar refractivity (Wildman–Crippen MR) is 114 cm³/mol. The minimum Gasteiger partial charge on any atom is -0.356 e. The number of aliphatic imine (C=N–C) groups is 1. The molecule has 150 valence electrons. The molecule has 1 aromatic carbocycles. The van der Waals surface area contributed by atoms with Crippen molar-refractivity contribution in [2.24, 2.45) is 10.9 Å². The zero-order valence-corrected chi connectivity index (χ0v) is 17.4. The first-order chi connectivity index (χ1) is 13.1. The lowest BCUT2D eigenvalue weighted by atomic mass is 9.98. The topological polar surface area (TPSA) is 42.9 Å². The molecule has 2 fully saturated rings. The zero-order valence-electron chi connectivity index (χ0n) is 17.4. The smallest absolute Gasteiger partial charge is 0.191 e. The lowest BCUT2D eigenvalue weighted by molar-refractivity contribution is 0.197. The Kier molecular flexibility index (Phi) is 7.53. The van der Waals surface area contributed by atoms with Crippen molar-refractivity contribution in [3.8, 4) is 0 Å². The van der Waals surface area contributed by atoms with Gasteiger partial charge in [-0.25, -0.2) is 0 Å². The highest BCUT2D eigenvalue weighted by Crippen LogP contribution is 2.16. The summed E-state index contributed by atoms with van der Waals surface area (Å²) in [6, 6.07) is 9.27. The van der Waals surface area contributed by atoms with Crippen molar-refractivity contribution in [2.45, 2.75) is 45.2 Å². The Morgan fingerprint density at radius 1 is 1.15 bits per heavy atom. The molecule has 27 heavy (non-hydrogen) atoms. The molecule has 0 aromatic heterocycles. The van der Waals surface area contributed by atoms with E-state index in [2.05, 4.69) is 63.7 Å². The van der Waals surface area contributed by atoms with Gasteiger partial charge in [-0.2, -0.15) is 0 Å². The molecule has 3 rings (SSSR count). The van der Waals surface area contributed by atoms with Crippen molar-refractivity contribution in [3.63, 3.8) is 0 Å². The van der Waals surface area contributed by atoms with Crippen molar-refractivity contribution in [3.05, 3.63) is 35.4 Å². The van der Waals surface area contributed by atoms with E-state index >= 15 is 0 Å². The van der Waals surface area contributed by atoms with Crippen molar-refractivity contribution in [1.82, 2.24) is 20.4 Å². The molecule has 1 aromatic rings. The molecule has 5 nitrogen and oxygen atoms in total. The minimum atomic E-state index is 0.526. The number of hydrogen-bond donors (Lipinski definition) is 2. The Morgan fingerprint density at radius 3 is 2.63 bits per heavy atom. The summed E-state index contributed by atoms with van der Waals surface area (Å²) in [6.07, 6.45) is 5.00. The SMILES string of the molecule is CN=C(NCC1CCCN(C)C1)NC1CCN(Cc2ccccc2C)CC1. The maximum Gasteiger partial charge on any atom is 0.191 e. The fourth-order valence-corrected chi connectivity index (χ4v) is 4.33. The summed E-state index contributed by atoms with van der Waals surface area (Å²) in [7, 11) is 4.11. The summed E-state index contributed by atoms with van der Waals surface area (Å²) < 4.78 is 0. The van der Waals surface area contributed by atoms with Crippen molar-refractivity contribution < 1.29 is 0 Å². The third-order valence-corrected chi connectivity index (χ3v) is 6.09. The molecule has 0 bridgehead atoms. The van der Waals surface area contributed by atoms with Crippen LogP contribution in [0, 0.1) is 12.8 Å². The number of aryl methyl sites for hydroxylation is 1. The second-order valence-electron chi connectivity index (χ2n) is 8.34. The highest BCUT2D eigenvalue weighted by Gasteiger charge is 2.21. The zero-order chi connectivity index (χ0) is 19.1. The van der Waals surface area contributed by atoms with Crippen molar-refractivity contribution >= 4 is 5.96 Å². The van der Waals surface area contributed by atoms with E-state index in [4.69, 9.17) is 0 Å². The van der Waals surface area contributed by atoms with Gasteiger partial charge < -0.3 is 15.5 Å². The molecule has 0 saturated carbocycles. The number of nitrogens with zero attached hydrogens (tertiary/aromatic N) is 3. The van der Waals surface area contributed by atoms with Gasteiger partial charge in [0.05, 0.1) is 0 Å². The van der Waals surface area contributed by atoms with Crippen LogP contribution in [0.15, 0.2) is 29.3 Å². The number of piperidine rings is 2. The molecule has 2 heterocycles. The molecule has 1 unspecified atom stereocenters. The first-order valence-corrected chi connectivity index (χ1v) is 10.6. The molecule has 0 aliphatic carbocycles. The van der Waals surface area contributed by atoms with Gasteiger partial charge in [0.15, 0.2) is 5.96 Å². The van der Waals surface area contributed by atoms with E-state index in [-0.39, 0.29) is 0 Å². The van der Waals surface area contributed by atoms with Crippen LogP contribution < -0.4 is 10.6 Å². The molecular weight excluding hydrogens is 334 g/mol. The highest BCUT2D eigenvalue weighted by molar-refractivity contribution is 5.79. The third-order valence-electron chi connectivity index (χ3n) is 6.09. The van der Waals surface area contributed by atoms with E-state index in [1.54, 1.807) is 0 Å². The van der Waals surface area contributed by atoms with Crippen LogP contribution in [0.1, 0.15) is 36.8 Å². The van der Waals surface area contributed by atoms with Crippen LogP contribution in [-0.4, -0.2) is 68.6 Å². The van der Waals surface area contributed by atoms with Gasteiger partial charge in [-0.05, 0) is 63.2 Å². The highest BCUT2D eigenvalue weighted by atomic mass is 15.2. The van der Waals surface area contributed by atoms with Gasteiger partial charge in [-0.3, -0.25) is 9.89 Å². The van der Waals surface area contributed by atoms with E-state index < -0.39 is 0 Å². The maximum atomic E-state index is 4.45. The van der Waals surface area contributed by atoms with Gasteiger partial charge in [-0.1, -0.05) is 24.3 Å². The standard InChI is InChI=1S/C22H37N5/c1-18-7-4-5-9-20(18)17-27-13-10-21(11-14-27)25-22(23-2)24-15-19-8-6-12-26(3)16-19/h4-5,7,9,19,21H,6,8,10-17H2,1-3H3,(H2,23,24,25). The summed E-state index contributed by atoms with van der Waals surface area (Å²) >= 11 is 0. The fraction of sp³-hybridized carbons (Fsp3) is 0.682. The summed E-state index contributed by atoms with van der Waals surface area (Å²) in [6.45, 7) is 9.04. The molecular formula is C22H37N5. The molecule has 0 spiro atoms. The van der Waals surface area contributed by atoms with Gasteiger partial charge >= 0.3 is 0 Å². The van der Waals surface area contributed by atoms with Crippen LogP contribution in [0.5, 0.6) is 0 Å². The minimum absolute atomic E-state index is 0.526. The van der Waals surface area contributed by atoms with E-state index in [1.165, 1.54) is 49.9 Å². The quantitative estimate of drug-likeness (QED) is 0.616. The number of benzene rings is 1. The Labute approximate surface area is 165 Å². The lowest BCUT2D eigenvalue weighted by Gasteiger charge is -2.34. The molecule has 5 heteroatoms. The fourth-order valence-electron chi connectivity index (χ4n) is 4.33. The number of rotatable bonds is 5. The van der Waals surface area contributed by atoms with Crippen LogP contribution in [0.3, 0.4) is 0 Å². The van der Waals surface area contributed by atoms with Crippen LogP contribution in [-0.2, 0) is 6.54 Å². The van der Waals surface area contributed by atoms with E-state index in [1.807, 2.05) is 7.05 Å². The third kappa shape index (κ3) is 6.22. The summed E-state index contributed by atoms with van der Waals surface area (Å²) in [5, 5.41) is 7.21. The van der Waals surface area contributed by atoms with E-state index in [0.29, 0.717) is 6.04 Å². The predicted octanol–water partition coefficient (Wildman–Crippen LogP) is 2.47. The molecule has 0 amide bonds. The largest absolute Gasteiger partial charge is 0.356 e. The number of guanidine groups is 1.